The van der Waals surface area contributed by atoms with Gasteiger partial charge in [0.25, 0.3) is 0 Å². The fraction of sp³-hybridized carbons (Fsp3) is 0.462. The minimum Gasteiger partial charge on any atom is -0.0881 e. The van der Waals surface area contributed by atoms with Crippen molar-refractivity contribution in [3.8, 4) is 0 Å². The molecule has 0 aromatic rings. The first-order chi connectivity index (χ1) is 6.71. The molecule has 14 heavy (non-hydrogen) atoms. The zero-order valence-electron chi connectivity index (χ0n) is 9.63. The fourth-order valence-corrected chi connectivity index (χ4v) is 1.46. The van der Waals surface area contributed by atoms with Gasteiger partial charge in [-0.2, -0.15) is 0 Å². The van der Waals surface area contributed by atoms with Crippen molar-refractivity contribution < 1.29 is 0 Å². The summed E-state index contributed by atoms with van der Waals surface area (Å²) >= 11 is 5.01. The maximum Gasteiger partial charge on any atom is 0.00888 e. The molecule has 0 unspecified atom stereocenters. The van der Waals surface area contributed by atoms with Gasteiger partial charge in [0.05, 0.1) is 0 Å². The lowest BCUT2D eigenvalue weighted by atomic mass is 9.99. The van der Waals surface area contributed by atoms with E-state index in [9.17, 15) is 0 Å². The second kappa shape index (κ2) is 7.69. The van der Waals surface area contributed by atoms with Crippen LogP contribution in [0.25, 0.3) is 0 Å². The lowest BCUT2D eigenvalue weighted by Crippen LogP contribution is -1.91. The van der Waals surface area contributed by atoms with Crippen LogP contribution in [0.4, 0.5) is 0 Å². The van der Waals surface area contributed by atoms with Gasteiger partial charge < -0.3 is 0 Å². The van der Waals surface area contributed by atoms with E-state index in [-0.39, 0.29) is 0 Å². The predicted molar refractivity (Wildman–Crippen MR) is 69.8 cm³/mol. The summed E-state index contributed by atoms with van der Waals surface area (Å²) in [7, 11) is 0. The SMILES string of the molecule is C\C=C(C=S)/C(/C=C\CC)=C(/C)CC. The Morgan fingerprint density at radius 2 is 1.93 bits per heavy atom. The van der Waals surface area contributed by atoms with E-state index in [4.69, 9.17) is 12.2 Å². The summed E-state index contributed by atoms with van der Waals surface area (Å²) in [5.74, 6) is 0. The summed E-state index contributed by atoms with van der Waals surface area (Å²) < 4.78 is 0. The summed E-state index contributed by atoms with van der Waals surface area (Å²) in [5.41, 5.74) is 3.83. The van der Waals surface area contributed by atoms with E-state index in [0.717, 1.165) is 18.4 Å². The summed E-state index contributed by atoms with van der Waals surface area (Å²) in [6.07, 6.45) is 8.56. The number of hydrogen-bond acceptors (Lipinski definition) is 1. The highest BCUT2D eigenvalue weighted by Crippen LogP contribution is 2.17. The van der Waals surface area contributed by atoms with Crippen LogP contribution in [0.2, 0.25) is 0 Å². The lowest BCUT2D eigenvalue weighted by Gasteiger charge is -2.07. The summed E-state index contributed by atoms with van der Waals surface area (Å²) in [6.45, 7) is 8.51. The van der Waals surface area contributed by atoms with Gasteiger partial charge in [-0.25, -0.2) is 0 Å². The molecule has 0 radical (unpaired) electrons. The van der Waals surface area contributed by atoms with Crippen LogP contribution >= 0.6 is 12.2 Å². The molecule has 0 aliphatic heterocycles. The van der Waals surface area contributed by atoms with Gasteiger partial charge in [0.2, 0.25) is 0 Å². The molecule has 0 aliphatic rings. The smallest absolute Gasteiger partial charge is 0.00888 e. The zero-order chi connectivity index (χ0) is 11.0. The highest BCUT2D eigenvalue weighted by Gasteiger charge is 2.00. The minimum atomic E-state index is 1.06. The van der Waals surface area contributed by atoms with Crippen LogP contribution in [0.1, 0.15) is 40.5 Å². The van der Waals surface area contributed by atoms with Crippen molar-refractivity contribution in [2.45, 2.75) is 40.5 Å². The van der Waals surface area contributed by atoms with E-state index < -0.39 is 0 Å². The Hall–Kier alpha value is -0.690. The average molecular weight is 208 g/mol. The highest BCUT2D eigenvalue weighted by molar-refractivity contribution is 7.79. The number of rotatable bonds is 5. The quantitative estimate of drug-likeness (QED) is 0.361. The number of thiocarbonyl (C=S) groups is 1. The molecule has 0 fully saturated rings. The largest absolute Gasteiger partial charge is 0.0881 e. The molecule has 1 heteroatoms. The van der Waals surface area contributed by atoms with Crippen LogP contribution < -0.4 is 0 Å². The molecule has 0 aromatic heterocycles. The monoisotopic (exact) mass is 208 g/mol. The van der Waals surface area contributed by atoms with Gasteiger partial charge in [-0.05, 0) is 37.8 Å². The minimum absolute atomic E-state index is 1.06. The first-order valence-electron chi connectivity index (χ1n) is 5.19. The molecule has 0 aliphatic carbocycles. The molecule has 0 nitrogen and oxygen atoms in total. The van der Waals surface area contributed by atoms with E-state index in [1.165, 1.54) is 11.1 Å². The van der Waals surface area contributed by atoms with Gasteiger partial charge in [-0.3, -0.25) is 0 Å². The van der Waals surface area contributed by atoms with Gasteiger partial charge in [-0.1, -0.05) is 49.9 Å². The topological polar surface area (TPSA) is 0 Å². The van der Waals surface area contributed by atoms with Crippen molar-refractivity contribution in [1.82, 2.24) is 0 Å². The fourth-order valence-electron chi connectivity index (χ4n) is 1.20. The second-order valence-electron chi connectivity index (χ2n) is 3.22. The van der Waals surface area contributed by atoms with Gasteiger partial charge in [0.1, 0.15) is 0 Å². The molecular weight excluding hydrogens is 188 g/mol. The van der Waals surface area contributed by atoms with Crippen molar-refractivity contribution in [2.75, 3.05) is 0 Å². The molecule has 0 bridgehead atoms. The zero-order valence-corrected chi connectivity index (χ0v) is 10.4. The average Bonchev–Trinajstić information content (AvgIpc) is 2.23. The predicted octanol–water partition coefficient (Wildman–Crippen LogP) is 4.63. The van der Waals surface area contributed by atoms with Crippen molar-refractivity contribution >= 4 is 17.6 Å². The Morgan fingerprint density at radius 3 is 2.29 bits per heavy atom. The van der Waals surface area contributed by atoms with Gasteiger partial charge in [0, 0.05) is 5.37 Å². The third-order valence-electron chi connectivity index (χ3n) is 2.26. The Morgan fingerprint density at radius 1 is 1.29 bits per heavy atom. The Bertz CT molecular complexity index is 267. The first kappa shape index (κ1) is 13.3. The standard InChI is InChI=1S/C13H20S/c1-5-8-9-13(11(4)6-2)12(7-3)10-14/h7-10H,5-6H2,1-4H3/b9-8-,12-7-,13-11-. The Kier molecular flexibility index (Phi) is 7.31. The third kappa shape index (κ3) is 4.01. The molecule has 0 saturated heterocycles. The second-order valence-corrected chi connectivity index (χ2v) is 3.46. The molecule has 0 saturated carbocycles. The van der Waals surface area contributed by atoms with Crippen LogP contribution in [0.5, 0.6) is 0 Å². The molecule has 0 heterocycles. The highest BCUT2D eigenvalue weighted by atomic mass is 32.1. The van der Waals surface area contributed by atoms with Crippen LogP contribution in [-0.4, -0.2) is 5.37 Å². The molecule has 78 valence electrons. The van der Waals surface area contributed by atoms with E-state index in [1.807, 2.05) is 6.92 Å². The maximum absolute atomic E-state index is 5.01. The summed E-state index contributed by atoms with van der Waals surface area (Å²) in [6, 6.07) is 0. The van der Waals surface area contributed by atoms with Crippen LogP contribution in [-0.2, 0) is 0 Å². The third-order valence-corrected chi connectivity index (χ3v) is 2.51. The number of hydrogen-bond donors (Lipinski definition) is 0. The molecular formula is C13H20S. The van der Waals surface area contributed by atoms with Gasteiger partial charge >= 0.3 is 0 Å². The van der Waals surface area contributed by atoms with E-state index in [0.29, 0.717) is 0 Å². The van der Waals surface area contributed by atoms with Gasteiger partial charge in [0.15, 0.2) is 0 Å². The van der Waals surface area contributed by atoms with Gasteiger partial charge in [-0.15, -0.1) is 0 Å². The molecule has 0 rings (SSSR count). The van der Waals surface area contributed by atoms with Crippen molar-refractivity contribution in [2.24, 2.45) is 0 Å². The van der Waals surface area contributed by atoms with Crippen molar-refractivity contribution in [1.29, 1.82) is 0 Å². The normalized spacial score (nSPS) is 14.4. The van der Waals surface area contributed by atoms with E-state index in [1.54, 1.807) is 5.37 Å². The van der Waals surface area contributed by atoms with Crippen molar-refractivity contribution in [3.63, 3.8) is 0 Å². The molecule has 0 amide bonds. The van der Waals surface area contributed by atoms with E-state index in [2.05, 4.69) is 39.0 Å². The lowest BCUT2D eigenvalue weighted by molar-refractivity contribution is 1.08. The van der Waals surface area contributed by atoms with Crippen LogP contribution in [0.15, 0.2) is 34.9 Å². The summed E-state index contributed by atoms with van der Waals surface area (Å²) in [4.78, 5) is 0. The molecule has 0 aromatic carbocycles. The van der Waals surface area contributed by atoms with E-state index >= 15 is 0 Å². The molecule has 0 atom stereocenters. The maximum atomic E-state index is 5.01. The Balaban J connectivity index is 5.10. The molecule has 0 N–H and O–H groups in total. The van der Waals surface area contributed by atoms with Crippen LogP contribution in [0.3, 0.4) is 0 Å². The molecule has 0 spiro atoms. The van der Waals surface area contributed by atoms with Crippen LogP contribution in [0, 0.1) is 0 Å². The Labute approximate surface area is 93.4 Å². The first-order valence-corrected chi connectivity index (χ1v) is 5.66. The van der Waals surface area contributed by atoms with Crippen molar-refractivity contribution in [3.05, 3.63) is 34.9 Å². The summed E-state index contributed by atoms with van der Waals surface area (Å²) in [5, 5.41) is 1.76. The number of allylic oxidation sites excluding steroid dienone is 6.